The maximum atomic E-state index is 13.3. The van der Waals surface area contributed by atoms with Crippen LogP contribution in [0.1, 0.15) is 44.1 Å². The van der Waals surface area contributed by atoms with Gasteiger partial charge in [-0.25, -0.2) is 0 Å². The van der Waals surface area contributed by atoms with Crippen molar-refractivity contribution in [1.29, 1.82) is 0 Å². The van der Waals surface area contributed by atoms with Crippen molar-refractivity contribution in [3.8, 4) is 11.1 Å². The van der Waals surface area contributed by atoms with Gasteiger partial charge in [0.05, 0.1) is 11.7 Å². The van der Waals surface area contributed by atoms with Crippen LogP contribution in [0.25, 0.3) is 22.0 Å². The molecular formula is C30H31N5O2. The fourth-order valence-electron chi connectivity index (χ4n) is 5.97. The van der Waals surface area contributed by atoms with Crippen LogP contribution in [0.15, 0.2) is 53.7 Å². The van der Waals surface area contributed by atoms with Crippen molar-refractivity contribution in [2.45, 2.75) is 50.6 Å². The normalized spacial score (nSPS) is 22.6. The van der Waals surface area contributed by atoms with Gasteiger partial charge in [0, 0.05) is 49.0 Å². The van der Waals surface area contributed by atoms with Crippen molar-refractivity contribution in [2.75, 3.05) is 19.6 Å². The van der Waals surface area contributed by atoms with E-state index in [2.05, 4.69) is 52.2 Å². The van der Waals surface area contributed by atoms with Crippen LogP contribution in [0.2, 0.25) is 0 Å². The Bertz CT molecular complexity index is 1450. The Kier molecular flexibility index (Phi) is 4.53. The molecule has 3 aliphatic carbocycles. The first-order chi connectivity index (χ1) is 18.1. The summed E-state index contributed by atoms with van der Waals surface area (Å²) in [6, 6.07) is 15.0. The van der Waals surface area contributed by atoms with E-state index in [1.165, 1.54) is 29.3 Å². The van der Waals surface area contributed by atoms with Gasteiger partial charge in [0.15, 0.2) is 0 Å². The number of hydrogen-bond acceptors (Lipinski definition) is 4. The lowest BCUT2D eigenvalue weighted by molar-refractivity contribution is -0.139. The van der Waals surface area contributed by atoms with E-state index in [0.717, 1.165) is 68.2 Å². The van der Waals surface area contributed by atoms with Crippen molar-refractivity contribution < 1.29 is 9.59 Å². The fourth-order valence-corrected chi connectivity index (χ4v) is 5.97. The van der Waals surface area contributed by atoms with Gasteiger partial charge in [0.2, 0.25) is 5.91 Å². The van der Waals surface area contributed by atoms with Gasteiger partial charge in [0.25, 0.3) is 5.91 Å². The van der Waals surface area contributed by atoms with E-state index in [1.807, 2.05) is 16.0 Å². The van der Waals surface area contributed by atoms with E-state index >= 15 is 0 Å². The van der Waals surface area contributed by atoms with E-state index in [0.29, 0.717) is 18.4 Å². The highest BCUT2D eigenvalue weighted by molar-refractivity contribution is 6.16. The zero-order chi connectivity index (χ0) is 24.7. The van der Waals surface area contributed by atoms with Gasteiger partial charge < -0.3 is 4.90 Å². The maximum absolute atomic E-state index is 13.3. The van der Waals surface area contributed by atoms with Crippen LogP contribution in [0.3, 0.4) is 0 Å². The molecule has 3 heterocycles. The Balaban J connectivity index is 1.01. The Labute approximate surface area is 216 Å². The third kappa shape index (κ3) is 3.70. The van der Waals surface area contributed by atoms with Crippen molar-refractivity contribution in [1.82, 2.24) is 19.6 Å². The molecule has 3 aromatic rings. The maximum Gasteiger partial charge on any atom is 0.256 e. The molecule has 7 nitrogen and oxygen atoms in total. The molecule has 1 saturated heterocycles. The fraction of sp³-hybridized carbons (Fsp3) is 0.467. The highest BCUT2D eigenvalue weighted by Crippen LogP contribution is 2.46. The first-order valence-electron chi connectivity index (χ1n) is 13.8. The second-order valence-corrected chi connectivity index (χ2v) is 11.9. The lowest BCUT2D eigenvalue weighted by Crippen LogP contribution is -2.55. The minimum atomic E-state index is -0.521. The predicted molar refractivity (Wildman–Crippen MR) is 141 cm³/mol. The first-order valence-corrected chi connectivity index (χ1v) is 13.8. The van der Waals surface area contributed by atoms with Crippen LogP contribution < -0.4 is 0 Å². The monoisotopic (exact) mass is 493 g/mol. The Hall–Kier alpha value is -3.48. The molecule has 7 heteroatoms. The molecule has 3 saturated carbocycles. The van der Waals surface area contributed by atoms with Crippen LogP contribution in [0.4, 0.5) is 0 Å². The molecule has 4 fully saturated rings. The number of rotatable bonds is 7. The van der Waals surface area contributed by atoms with Gasteiger partial charge in [0.1, 0.15) is 11.4 Å². The van der Waals surface area contributed by atoms with Gasteiger partial charge in [-0.1, -0.05) is 30.3 Å². The molecule has 1 spiro atoms. The second-order valence-electron chi connectivity index (χ2n) is 11.9. The largest absolute Gasteiger partial charge is 0.342 e. The van der Waals surface area contributed by atoms with E-state index in [9.17, 15) is 9.59 Å². The van der Waals surface area contributed by atoms with E-state index in [-0.39, 0.29) is 11.8 Å². The number of aromatic nitrogens is 2. The van der Waals surface area contributed by atoms with Crippen LogP contribution in [0, 0.1) is 17.8 Å². The minimum Gasteiger partial charge on any atom is -0.342 e. The van der Waals surface area contributed by atoms with Crippen molar-refractivity contribution in [3.05, 3.63) is 54.2 Å². The molecule has 8 rings (SSSR count). The smallest absolute Gasteiger partial charge is 0.256 e. The summed E-state index contributed by atoms with van der Waals surface area (Å²) in [4.78, 5) is 34.4. The summed E-state index contributed by atoms with van der Waals surface area (Å²) < 4.78 is 2.14. The average Bonchev–Trinajstić information content (AvgIpc) is 3.77. The Morgan fingerprint density at radius 1 is 0.892 bits per heavy atom. The van der Waals surface area contributed by atoms with Crippen molar-refractivity contribution in [3.63, 3.8) is 0 Å². The molecule has 0 unspecified atom stereocenters. The number of amidine groups is 1. The Morgan fingerprint density at radius 3 is 2.32 bits per heavy atom. The molecule has 1 aromatic heterocycles. The summed E-state index contributed by atoms with van der Waals surface area (Å²) in [5, 5.41) is 5.79. The predicted octanol–water partition coefficient (Wildman–Crippen LogP) is 4.10. The summed E-state index contributed by atoms with van der Waals surface area (Å²) in [7, 11) is 0. The van der Waals surface area contributed by atoms with Crippen LogP contribution in [-0.4, -0.2) is 62.4 Å². The highest BCUT2D eigenvalue weighted by atomic mass is 16.2. The molecule has 0 radical (unpaired) electrons. The van der Waals surface area contributed by atoms with Gasteiger partial charge in [-0.05, 0) is 67.7 Å². The number of nitrogens with zero attached hydrogens (tertiary/aromatic N) is 5. The molecule has 37 heavy (non-hydrogen) atoms. The average molecular weight is 494 g/mol. The number of fused-ring (bicyclic) bond motifs is 1. The Morgan fingerprint density at radius 2 is 1.62 bits per heavy atom. The van der Waals surface area contributed by atoms with E-state index in [1.54, 1.807) is 0 Å². The molecule has 2 amide bonds. The highest BCUT2D eigenvalue weighted by Gasteiger charge is 2.57. The zero-order valence-electron chi connectivity index (χ0n) is 21.0. The van der Waals surface area contributed by atoms with E-state index in [4.69, 9.17) is 4.99 Å². The minimum absolute atomic E-state index is 0.146. The van der Waals surface area contributed by atoms with Crippen molar-refractivity contribution >= 4 is 28.6 Å². The second kappa shape index (κ2) is 7.76. The number of aliphatic imine (C=N–C) groups is 1. The third-order valence-electron chi connectivity index (χ3n) is 8.82. The molecule has 2 aromatic carbocycles. The number of amides is 2. The van der Waals surface area contributed by atoms with Crippen LogP contribution in [-0.2, 0) is 16.1 Å². The standard InChI is InChI=1S/C30H31N5O2/c36-28(23-7-8-23)33-15-20(16-33)17-34-27(32-30(11-12-30)29(34)37)22-5-3-21(4-6-22)24-9-10-26-25(13-24)14-31-35(26)18-19-1-2-19/h3-6,9-10,13-14,19-20,23H,1-2,7-8,11-12,15-18H2. The number of benzene rings is 2. The lowest BCUT2D eigenvalue weighted by atomic mass is 9.97. The summed E-state index contributed by atoms with van der Waals surface area (Å²) >= 11 is 0. The molecule has 0 N–H and O–H groups in total. The van der Waals surface area contributed by atoms with Crippen LogP contribution >= 0.6 is 0 Å². The summed E-state index contributed by atoms with van der Waals surface area (Å²) in [5.41, 5.74) is 3.98. The summed E-state index contributed by atoms with van der Waals surface area (Å²) in [6.45, 7) is 3.19. The quantitative estimate of drug-likeness (QED) is 0.498. The lowest BCUT2D eigenvalue weighted by Gasteiger charge is -2.41. The van der Waals surface area contributed by atoms with Gasteiger partial charge >= 0.3 is 0 Å². The molecule has 0 bridgehead atoms. The molecular weight excluding hydrogens is 462 g/mol. The molecule has 2 aliphatic heterocycles. The number of carbonyl (C=O) groups excluding carboxylic acids is 2. The SMILES string of the molecule is O=C(C1CC1)N1CC(CN2C(=O)C3(CC3)N=C2c2ccc(-c3ccc4c(cnn4CC4CC4)c3)cc2)C1. The molecule has 0 atom stereocenters. The molecule has 188 valence electrons. The number of hydrogen-bond donors (Lipinski definition) is 0. The summed E-state index contributed by atoms with van der Waals surface area (Å²) in [5.74, 6) is 2.64. The van der Waals surface area contributed by atoms with Gasteiger partial charge in [-0.15, -0.1) is 0 Å². The summed E-state index contributed by atoms with van der Waals surface area (Å²) in [6.07, 6.45) is 8.38. The third-order valence-corrected chi connectivity index (χ3v) is 8.82. The van der Waals surface area contributed by atoms with Gasteiger partial charge in [-0.3, -0.25) is 24.2 Å². The zero-order valence-corrected chi connectivity index (χ0v) is 21.0. The van der Waals surface area contributed by atoms with E-state index < -0.39 is 5.54 Å². The first kappa shape index (κ1) is 21.6. The topological polar surface area (TPSA) is 70.8 Å². The number of carbonyl (C=O) groups is 2. The number of likely N-dealkylation sites (tertiary alicyclic amines) is 1. The molecule has 5 aliphatic rings. The van der Waals surface area contributed by atoms with Gasteiger partial charge in [-0.2, -0.15) is 5.10 Å². The van der Waals surface area contributed by atoms with Crippen molar-refractivity contribution in [2.24, 2.45) is 22.7 Å². The van der Waals surface area contributed by atoms with Crippen LogP contribution in [0.5, 0.6) is 0 Å².